The third kappa shape index (κ3) is 14.0. The van der Waals surface area contributed by atoms with Gasteiger partial charge in [0.05, 0.1) is 84.4 Å². The second-order valence-electron chi connectivity index (χ2n) is 23.6. The van der Waals surface area contributed by atoms with Crippen molar-refractivity contribution in [3.63, 3.8) is 0 Å². The number of hydrogen-bond acceptors (Lipinski definition) is 22. The van der Waals surface area contributed by atoms with E-state index in [2.05, 4.69) is 94.9 Å². The Morgan fingerprint density at radius 3 is 0.900 bits per heavy atom. The molecule has 0 radical (unpaired) electrons. The Bertz CT molecular complexity index is 4870. The number of nitrogens with zero attached hydrogens (tertiary/aromatic N) is 4. The molecular weight excluding hydrogens is 1310 g/mol. The van der Waals surface area contributed by atoms with Crippen molar-refractivity contribution in [3.05, 3.63) is 222 Å². The summed E-state index contributed by atoms with van der Waals surface area (Å²) in [4.78, 5) is 36.9. The van der Waals surface area contributed by atoms with Gasteiger partial charge in [0, 0.05) is 48.6 Å². The fourth-order valence-corrected chi connectivity index (χ4v) is 14.7. The third-order valence-corrected chi connectivity index (χ3v) is 19.4. The van der Waals surface area contributed by atoms with Crippen LogP contribution in [0.5, 0.6) is 46.0 Å². The molecule has 22 heteroatoms. The van der Waals surface area contributed by atoms with Crippen molar-refractivity contribution >= 4 is 65.0 Å². The smallest absolute Gasteiger partial charge is 0.348 e. The van der Waals surface area contributed by atoms with Crippen molar-refractivity contribution in [1.29, 1.82) is 10.5 Å². The molecule has 0 N–H and O–H groups in total. The van der Waals surface area contributed by atoms with Gasteiger partial charge in [-0.15, -0.1) is 22.7 Å². The fourth-order valence-electron chi connectivity index (χ4n) is 12.7. The van der Waals surface area contributed by atoms with Crippen LogP contribution in [0.4, 0.5) is 0 Å². The number of thiazole rings is 2. The summed E-state index contributed by atoms with van der Waals surface area (Å²) in [5.41, 5.74) is 8.04. The number of fused-ring (bicyclic) bond motifs is 28. The van der Waals surface area contributed by atoms with Crippen LogP contribution in [0.2, 0.25) is 0 Å². The number of aromatic nitrogens is 2. The van der Waals surface area contributed by atoms with E-state index >= 15 is 0 Å². The average molecular weight is 1380 g/mol. The summed E-state index contributed by atoms with van der Waals surface area (Å²) in [6.45, 7) is 2.53. The zero-order valence-corrected chi connectivity index (χ0v) is 55.8. The second kappa shape index (κ2) is 30.1. The molecule has 8 aromatic carbocycles. The van der Waals surface area contributed by atoms with Crippen molar-refractivity contribution in [2.75, 3.05) is 106 Å². The summed E-state index contributed by atoms with van der Waals surface area (Å²) in [6, 6.07) is 50.8. The molecule has 0 saturated heterocycles. The molecule has 4 aliphatic heterocycles. The van der Waals surface area contributed by atoms with Crippen LogP contribution in [0.25, 0.3) is 63.5 Å². The maximum Gasteiger partial charge on any atom is 0.348 e. The number of para-hydroxylation sites is 6. The highest BCUT2D eigenvalue weighted by Gasteiger charge is 2.27. The predicted molar refractivity (Wildman–Crippen MR) is 376 cm³/mol. The highest BCUT2D eigenvalue weighted by Crippen LogP contribution is 2.43. The fraction of sp³-hybridized carbons (Fsp3) is 0.256. The van der Waals surface area contributed by atoms with E-state index in [0.717, 1.165) is 53.9 Å². The Hall–Kier alpha value is -10.8. The van der Waals surface area contributed by atoms with Gasteiger partial charge < -0.3 is 65.7 Å². The highest BCUT2D eigenvalue weighted by molar-refractivity contribution is 7.22. The van der Waals surface area contributed by atoms with E-state index in [1.54, 1.807) is 24.3 Å². The quantitative estimate of drug-likeness (QED) is 0.115. The van der Waals surface area contributed by atoms with Gasteiger partial charge in [0.15, 0.2) is 23.0 Å². The molecule has 504 valence electrons. The number of hydrogen-bond donors (Lipinski definition) is 0. The minimum Gasteiger partial charge on any atom is -0.491 e. The van der Waals surface area contributed by atoms with Gasteiger partial charge >= 0.3 is 11.3 Å². The van der Waals surface area contributed by atoms with E-state index in [9.17, 15) is 20.1 Å². The molecule has 0 fully saturated rings. The van der Waals surface area contributed by atoms with Gasteiger partial charge in [-0.25, -0.2) is 19.6 Å². The SMILES string of the molecule is N#Cc1c(-c2nc3ccccc3s2)c(=O)oc2cc3c(cc12)OCCOCCOc1c2cccc1Cc1cccc4c1OCCOCCOc1cc5c(C#N)c(-c6nc7ccccc7s6)c(=O)oc5cc1OCCOCCOc1c(cccc1C2)Cc1cccc(c1OCCOCCO3)C4. The van der Waals surface area contributed by atoms with Crippen LogP contribution in [0, 0.1) is 22.7 Å². The molecule has 8 heterocycles. The van der Waals surface area contributed by atoms with Gasteiger partial charge in [0.25, 0.3) is 0 Å². The largest absolute Gasteiger partial charge is 0.491 e. The van der Waals surface area contributed by atoms with Crippen molar-refractivity contribution < 1.29 is 65.7 Å². The first kappa shape index (κ1) is 65.1. The normalized spacial score (nSPS) is 15.3. The van der Waals surface area contributed by atoms with E-state index in [1.807, 2.05) is 48.5 Å². The predicted octanol–water partition coefficient (Wildman–Crippen LogP) is 13.4. The van der Waals surface area contributed by atoms with Gasteiger partial charge in [-0.2, -0.15) is 10.5 Å². The molecule has 1 aliphatic carbocycles. The van der Waals surface area contributed by atoms with Gasteiger partial charge in [-0.05, 0) is 80.9 Å². The molecule has 0 unspecified atom stereocenters. The first-order valence-corrected chi connectivity index (χ1v) is 34.5. The van der Waals surface area contributed by atoms with Crippen LogP contribution < -0.4 is 49.1 Å². The molecule has 4 aromatic heterocycles. The molecule has 20 nitrogen and oxygen atoms in total. The maximum atomic E-state index is 13.8. The first-order valence-electron chi connectivity index (χ1n) is 32.9. The molecule has 12 aromatic rings. The van der Waals surface area contributed by atoms with Crippen LogP contribution in [-0.2, 0) is 44.6 Å². The van der Waals surface area contributed by atoms with Crippen LogP contribution in [-0.4, -0.2) is 116 Å². The Balaban J connectivity index is 0.742. The van der Waals surface area contributed by atoms with Crippen LogP contribution in [0.1, 0.15) is 55.6 Å². The van der Waals surface area contributed by atoms with Gasteiger partial charge in [-0.3, -0.25) is 0 Å². The molecule has 0 amide bonds. The molecule has 0 spiro atoms. The number of ether oxygens (including phenoxy) is 12. The van der Waals surface area contributed by atoms with E-state index in [0.29, 0.717) is 92.0 Å². The Kier molecular flexibility index (Phi) is 19.6. The lowest BCUT2D eigenvalue weighted by atomic mass is 9.91. The lowest BCUT2D eigenvalue weighted by Gasteiger charge is -2.23. The van der Waals surface area contributed by atoms with Crippen molar-refractivity contribution in [2.45, 2.75) is 25.7 Å². The van der Waals surface area contributed by atoms with E-state index in [4.69, 9.17) is 65.7 Å². The third-order valence-electron chi connectivity index (χ3n) is 17.3. The number of benzene rings is 8. The molecule has 5 aliphatic rings. The van der Waals surface area contributed by atoms with Crippen LogP contribution in [0.3, 0.4) is 0 Å². The lowest BCUT2D eigenvalue weighted by molar-refractivity contribution is 0.0696. The summed E-state index contributed by atoms with van der Waals surface area (Å²) in [5, 5.41) is 22.8. The van der Waals surface area contributed by atoms with Crippen molar-refractivity contribution in [2.24, 2.45) is 0 Å². The number of nitriles is 2. The van der Waals surface area contributed by atoms with Crippen molar-refractivity contribution in [3.8, 4) is 79.3 Å². The van der Waals surface area contributed by atoms with Gasteiger partial charge in [0.2, 0.25) is 0 Å². The summed E-state index contributed by atoms with van der Waals surface area (Å²) in [6.07, 6.45) is 1.73. The zero-order valence-electron chi connectivity index (χ0n) is 54.1. The standard InChI is InChI=1S/C78H64N4O16S2/c79-45-57-55-41-63-65(43-61(55)97-77(83)69(57)75-81-59-17-1-3-19-67(59)99-75)91-31-23-87-27-35-95-73-51-13-7-15-53(73)40-54-16-8-14-52-38-49-11-5-9-47(71(49)93-33-25-85-21-29-89-63)37-48-10-6-12-50(39-51)72(48)94-34-26-86-22-30-90-64-42-56-58(46-80)70(76-82-60-18-2-4-20-68(60)100-76)78(84)98-62(56)44-66(64)92-32-24-88-28-36-96-74(52)54/h1-20,41-44H,21-40H2. The van der Waals surface area contributed by atoms with Gasteiger partial charge in [-0.1, -0.05) is 97.1 Å². The van der Waals surface area contributed by atoms with E-state index in [1.165, 1.54) is 22.7 Å². The van der Waals surface area contributed by atoms with Crippen molar-refractivity contribution in [1.82, 2.24) is 9.97 Å². The van der Waals surface area contributed by atoms with E-state index < -0.39 is 11.3 Å². The maximum absolute atomic E-state index is 13.8. The summed E-state index contributed by atoms with van der Waals surface area (Å²) in [7, 11) is 0. The van der Waals surface area contributed by atoms with E-state index in [-0.39, 0.29) is 151 Å². The second-order valence-corrected chi connectivity index (χ2v) is 25.7. The minimum absolute atomic E-state index is 0.0719. The summed E-state index contributed by atoms with van der Waals surface area (Å²) < 4.78 is 91.6. The minimum atomic E-state index is -0.699. The van der Waals surface area contributed by atoms with Crippen LogP contribution >= 0.6 is 22.7 Å². The molecule has 12 bridgehead atoms. The topological polar surface area (TPSA) is 245 Å². The molecule has 17 rings (SSSR count). The Morgan fingerprint density at radius 1 is 0.330 bits per heavy atom. The molecule has 0 atom stereocenters. The monoisotopic (exact) mass is 1380 g/mol. The highest BCUT2D eigenvalue weighted by atomic mass is 32.1. The zero-order chi connectivity index (χ0) is 67.7. The average Bonchev–Trinajstić information content (AvgIpc) is 1.47. The summed E-state index contributed by atoms with van der Waals surface area (Å²) >= 11 is 2.61. The first-order chi connectivity index (χ1) is 49.3. The molecular formula is C78H64N4O16S2. The summed E-state index contributed by atoms with van der Waals surface area (Å²) in [5.74, 6) is 3.97. The molecule has 0 saturated carbocycles. The Morgan fingerprint density at radius 2 is 0.610 bits per heavy atom. The lowest BCUT2D eigenvalue weighted by Crippen LogP contribution is -2.15. The molecule has 100 heavy (non-hydrogen) atoms. The van der Waals surface area contributed by atoms with Gasteiger partial charge in [0.1, 0.15) is 120 Å². The van der Waals surface area contributed by atoms with Crippen LogP contribution in [0.15, 0.2) is 164 Å². The Labute approximate surface area is 580 Å². The number of rotatable bonds is 2.